The molecule has 0 unspecified atom stereocenters. The van der Waals surface area contributed by atoms with Crippen molar-refractivity contribution < 1.29 is 19.1 Å². The van der Waals surface area contributed by atoms with E-state index < -0.39 is 11.9 Å². The minimum atomic E-state index is -0.593. The van der Waals surface area contributed by atoms with Gasteiger partial charge in [-0.3, -0.25) is 4.79 Å². The smallest absolute Gasteiger partial charge is 0.330 e. The van der Waals surface area contributed by atoms with Gasteiger partial charge in [0, 0.05) is 23.2 Å². The summed E-state index contributed by atoms with van der Waals surface area (Å²) in [6.45, 7) is 1.92. The van der Waals surface area contributed by atoms with Gasteiger partial charge >= 0.3 is 5.97 Å². The van der Waals surface area contributed by atoms with Crippen molar-refractivity contribution in [3.05, 3.63) is 85.3 Å². The highest BCUT2D eigenvalue weighted by atomic mass is 16.5. The number of rotatable bonds is 8. The number of hydrogen-bond acceptors (Lipinski definition) is 8. The number of benzene rings is 2. The lowest BCUT2D eigenvalue weighted by atomic mass is 10.2. The fourth-order valence-electron chi connectivity index (χ4n) is 3.00. The second kappa shape index (κ2) is 10.7. The Bertz CT molecular complexity index is 1320. The number of nitrogens with one attached hydrogen (secondary N) is 2. The molecule has 170 valence electrons. The number of aromatic nitrogens is 3. The van der Waals surface area contributed by atoms with E-state index in [4.69, 9.17) is 9.47 Å². The van der Waals surface area contributed by atoms with Gasteiger partial charge in [-0.1, -0.05) is 18.2 Å². The third-order valence-electron chi connectivity index (χ3n) is 4.53. The summed E-state index contributed by atoms with van der Waals surface area (Å²) in [6.07, 6.45) is 5.11. The van der Waals surface area contributed by atoms with Crippen molar-refractivity contribution in [2.75, 3.05) is 17.2 Å². The van der Waals surface area contributed by atoms with Gasteiger partial charge in [-0.25, -0.2) is 19.7 Å². The van der Waals surface area contributed by atoms with Crippen molar-refractivity contribution in [2.24, 2.45) is 0 Å². The van der Waals surface area contributed by atoms with Crippen LogP contribution in [0.3, 0.4) is 0 Å². The SMILES string of the molecule is CCOC(=O)C=CC(=O)Nc1cc2c(Nc3ccc(Oc4ccccc4)cc3)ncnc2cn1. The first-order valence-electron chi connectivity index (χ1n) is 10.5. The third kappa shape index (κ3) is 5.92. The highest BCUT2D eigenvalue weighted by molar-refractivity contribution is 6.03. The molecule has 2 aromatic heterocycles. The number of amides is 1. The predicted molar refractivity (Wildman–Crippen MR) is 128 cm³/mol. The lowest BCUT2D eigenvalue weighted by molar-refractivity contribution is -0.137. The Morgan fingerprint density at radius 3 is 2.47 bits per heavy atom. The molecule has 2 aromatic carbocycles. The lowest BCUT2D eigenvalue weighted by Gasteiger charge is -2.10. The molecule has 0 aliphatic rings. The molecule has 1 amide bonds. The minimum absolute atomic E-state index is 0.232. The van der Waals surface area contributed by atoms with E-state index in [1.807, 2.05) is 54.6 Å². The minimum Gasteiger partial charge on any atom is -0.463 e. The normalized spacial score (nSPS) is 10.7. The van der Waals surface area contributed by atoms with Gasteiger partial charge in [0.15, 0.2) is 0 Å². The molecule has 0 radical (unpaired) electrons. The first kappa shape index (κ1) is 22.4. The van der Waals surface area contributed by atoms with E-state index in [0.29, 0.717) is 22.5 Å². The number of anilines is 3. The maximum absolute atomic E-state index is 12.1. The molecular weight excluding hydrogens is 434 g/mol. The summed E-state index contributed by atoms with van der Waals surface area (Å²) < 4.78 is 10.6. The van der Waals surface area contributed by atoms with Crippen LogP contribution < -0.4 is 15.4 Å². The number of ether oxygens (including phenoxy) is 2. The van der Waals surface area contributed by atoms with E-state index in [2.05, 4.69) is 25.6 Å². The molecule has 9 nitrogen and oxygen atoms in total. The number of hydrogen-bond donors (Lipinski definition) is 2. The molecule has 2 N–H and O–H groups in total. The van der Waals surface area contributed by atoms with Gasteiger partial charge in [-0.15, -0.1) is 0 Å². The second-order valence-electron chi connectivity index (χ2n) is 6.95. The summed E-state index contributed by atoms with van der Waals surface area (Å²) in [4.78, 5) is 36.2. The summed E-state index contributed by atoms with van der Waals surface area (Å²) >= 11 is 0. The van der Waals surface area contributed by atoms with E-state index in [9.17, 15) is 9.59 Å². The molecule has 0 atom stereocenters. The maximum atomic E-state index is 12.1. The molecule has 2 heterocycles. The van der Waals surface area contributed by atoms with Crippen LogP contribution in [0.5, 0.6) is 11.5 Å². The predicted octanol–water partition coefficient (Wildman–Crippen LogP) is 4.62. The molecule has 4 rings (SSSR count). The van der Waals surface area contributed by atoms with Crippen LogP contribution in [0.25, 0.3) is 10.9 Å². The van der Waals surface area contributed by atoms with Crippen molar-refractivity contribution >= 4 is 40.1 Å². The van der Waals surface area contributed by atoms with Crippen LogP contribution in [-0.2, 0) is 14.3 Å². The summed E-state index contributed by atoms with van der Waals surface area (Å²) in [7, 11) is 0. The summed E-state index contributed by atoms with van der Waals surface area (Å²) in [5, 5.41) is 6.52. The number of fused-ring (bicyclic) bond motifs is 1. The Morgan fingerprint density at radius 1 is 0.941 bits per heavy atom. The van der Waals surface area contributed by atoms with Gasteiger partial charge in [0.1, 0.15) is 29.5 Å². The van der Waals surface area contributed by atoms with Crippen LogP contribution in [0.2, 0.25) is 0 Å². The number of esters is 1. The van der Waals surface area contributed by atoms with Gasteiger partial charge in [0.2, 0.25) is 5.91 Å². The van der Waals surface area contributed by atoms with Gasteiger partial charge in [-0.2, -0.15) is 0 Å². The zero-order valence-electron chi connectivity index (χ0n) is 18.3. The van der Waals surface area contributed by atoms with E-state index in [1.165, 1.54) is 12.5 Å². The zero-order chi connectivity index (χ0) is 23.8. The monoisotopic (exact) mass is 455 g/mol. The number of nitrogens with zero attached hydrogens (tertiary/aromatic N) is 3. The second-order valence-corrected chi connectivity index (χ2v) is 6.95. The van der Waals surface area contributed by atoms with Crippen LogP contribution in [0.4, 0.5) is 17.3 Å². The van der Waals surface area contributed by atoms with E-state index in [0.717, 1.165) is 23.6 Å². The fraction of sp³-hybridized carbons (Fsp3) is 0.0800. The molecule has 0 fully saturated rings. The van der Waals surface area contributed by atoms with Crippen LogP contribution >= 0.6 is 0 Å². The number of pyridine rings is 1. The van der Waals surface area contributed by atoms with Gasteiger partial charge in [-0.05, 0) is 49.4 Å². The Labute approximate surface area is 195 Å². The average Bonchev–Trinajstić information content (AvgIpc) is 2.85. The van der Waals surface area contributed by atoms with Gasteiger partial charge in [0.05, 0.1) is 18.3 Å². The Kier molecular flexibility index (Phi) is 7.04. The molecule has 34 heavy (non-hydrogen) atoms. The summed E-state index contributed by atoms with van der Waals surface area (Å²) in [5.74, 6) is 1.18. The van der Waals surface area contributed by atoms with Crippen molar-refractivity contribution in [3.63, 3.8) is 0 Å². The number of para-hydroxylation sites is 1. The van der Waals surface area contributed by atoms with E-state index >= 15 is 0 Å². The van der Waals surface area contributed by atoms with Gasteiger partial charge < -0.3 is 20.1 Å². The van der Waals surface area contributed by atoms with Crippen LogP contribution in [0.15, 0.2) is 85.3 Å². The number of carbonyl (C=O) groups is 2. The van der Waals surface area contributed by atoms with Gasteiger partial charge in [0.25, 0.3) is 0 Å². The summed E-state index contributed by atoms with van der Waals surface area (Å²) in [6, 6.07) is 18.6. The zero-order valence-corrected chi connectivity index (χ0v) is 18.3. The highest BCUT2D eigenvalue weighted by Gasteiger charge is 2.09. The molecule has 9 heteroatoms. The van der Waals surface area contributed by atoms with E-state index in [-0.39, 0.29) is 12.4 Å². The Balaban J connectivity index is 1.48. The Hall–Kier alpha value is -4.79. The molecule has 0 aliphatic heterocycles. The largest absolute Gasteiger partial charge is 0.463 e. The van der Waals surface area contributed by atoms with Crippen LogP contribution in [0, 0.1) is 0 Å². The lowest BCUT2D eigenvalue weighted by Crippen LogP contribution is -2.11. The average molecular weight is 455 g/mol. The molecule has 0 saturated carbocycles. The van der Waals surface area contributed by atoms with Crippen LogP contribution in [0.1, 0.15) is 6.92 Å². The topological polar surface area (TPSA) is 115 Å². The van der Waals surface area contributed by atoms with Crippen molar-refractivity contribution in [1.29, 1.82) is 0 Å². The summed E-state index contributed by atoms with van der Waals surface area (Å²) in [5.41, 5.74) is 1.39. The molecule has 0 aliphatic carbocycles. The Morgan fingerprint density at radius 2 is 1.71 bits per heavy atom. The first-order valence-corrected chi connectivity index (χ1v) is 10.5. The third-order valence-corrected chi connectivity index (χ3v) is 4.53. The quantitative estimate of drug-likeness (QED) is 0.292. The highest BCUT2D eigenvalue weighted by Crippen LogP contribution is 2.27. The van der Waals surface area contributed by atoms with E-state index in [1.54, 1.807) is 13.0 Å². The molecular formula is C25H21N5O4. The van der Waals surface area contributed by atoms with Crippen molar-refractivity contribution in [2.45, 2.75) is 6.92 Å². The molecule has 0 bridgehead atoms. The molecule has 0 spiro atoms. The van der Waals surface area contributed by atoms with Crippen LogP contribution in [-0.4, -0.2) is 33.4 Å². The molecule has 0 saturated heterocycles. The standard InChI is InChI=1S/C25H21N5O4/c1-2-33-24(32)13-12-23(31)30-22-14-20-21(15-26-22)27-16-28-25(20)29-17-8-10-19(11-9-17)34-18-6-4-3-5-7-18/h3-16H,2H2,1H3,(H,26,30,31)(H,27,28,29). The molecule has 4 aromatic rings. The first-order chi connectivity index (χ1) is 16.6. The van der Waals surface area contributed by atoms with Crippen molar-refractivity contribution in [1.82, 2.24) is 15.0 Å². The van der Waals surface area contributed by atoms with Crippen molar-refractivity contribution in [3.8, 4) is 11.5 Å². The maximum Gasteiger partial charge on any atom is 0.330 e. The fourth-order valence-corrected chi connectivity index (χ4v) is 3.00. The number of carbonyl (C=O) groups excluding carboxylic acids is 2.